The van der Waals surface area contributed by atoms with Crippen LogP contribution < -0.4 is 15.8 Å². The van der Waals surface area contributed by atoms with Gasteiger partial charge in [0.1, 0.15) is 11.4 Å². The van der Waals surface area contributed by atoms with E-state index in [0.29, 0.717) is 18.1 Å². The van der Waals surface area contributed by atoms with Crippen LogP contribution in [0.15, 0.2) is 17.5 Å². The quantitative estimate of drug-likeness (QED) is 0.905. The Morgan fingerprint density at radius 2 is 2.05 bits per heavy atom. The number of rotatable bonds is 4. The van der Waals surface area contributed by atoms with E-state index in [1.54, 1.807) is 17.4 Å². The summed E-state index contributed by atoms with van der Waals surface area (Å²) in [6.07, 6.45) is 0. The summed E-state index contributed by atoms with van der Waals surface area (Å²) >= 11 is 1.64. The molecule has 0 radical (unpaired) electrons. The third-order valence-corrected chi connectivity index (χ3v) is 3.23. The van der Waals surface area contributed by atoms with Gasteiger partial charge in [0.15, 0.2) is 0 Å². The highest BCUT2D eigenvalue weighted by molar-refractivity contribution is 7.09. The van der Waals surface area contributed by atoms with Crippen molar-refractivity contribution < 1.29 is 4.74 Å². The molecule has 0 spiro atoms. The number of anilines is 2. The third kappa shape index (κ3) is 4.09. The average Bonchev–Trinajstić information content (AvgIpc) is 2.74. The highest BCUT2D eigenvalue weighted by atomic mass is 32.1. The van der Waals surface area contributed by atoms with Crippen molar-refractivity contribution in [1.82, 2.24) is 9.97 Å². The molecule has 2 heterocycles. The fourth-order valence-corrected chi connectivity index (χ4v) is 2.20. The van der Waals surface area contributed by atoms with Crippen LogP contribution in [0.1, 0.15) is 31.5 Å². The van der Waals surface area contributed by atoms with E-state index in [-0.39, 0.29) is 5.60 Å². The molecular weight excluding hydrogens is 272 g/mol. The van der Waals surface area contributed by atoms with Gasteiger partial charge in [0.05, 0.1) is 22.9 Å². The molecule has 0 bridgehead atoms. The van der Waals surface area contributed by atoms with E-state index in [9.17, 15) is 0 Å². The molecule has 0 atom stereocenters. The second-order valence-corrected chi connectivity index (χ2v) is 6.58. The third-order valence-electron chi connectivity index (χ3n) is 2.41. The van der Waals surface area contributed by atoms with Crippen LogP contribution >= 0.6 is 11.3 Å². The summed E-state index contributed by atoms with van der Waals surface area (Å²) in [6, 6.07) is 3.63. The van der Waals surface area contributed by atoms with Gasteiger partial charge in [-0.05, 0) is 39.8 Å². The molecule has 0 aliphatic carbocycles. The normalized spacial score (nSPS) is 11.4. The molecular formula is C14H20N4OS. The van der Waals surface area contributed by atoms with Crippen molar-refractivity contribution in [2.45, 2.75) is 39.8 Å². The lowest BCUT2D eigenvalue weighted by molar-refractivity contribution is 0.125. The lowest BCUT2D eigenvalue weighted by Gasteiger charge is -2.21. The molecule has 0 amide bonds. The molecule has 3 N–H and O–H groups in total. The summed E-state index contributed by atoms with van der Waals surface area (Å²) in [5.41, 5.74) is 7.09. The molecule has 0 aliphatic rings. The molecule has 20 heavy (non-hydrogen) atoms. The Morgan fingerprint density at radius 3 is 2.65 bits per heavy atom. The highest BCUT2D eigenvalue weighted by Gasteiger charge is 2.15. The van der Waals surface area contributed by atoms with Gasteiger partial charge >= 0.3 is 0 Å². The Hall–Kier alpha value is -1.82. The van der Waals surface area contributed by atoms with Gasteiger partial charge in [0, 0.05) is 5.38 Å². The first-order valence-electron chi connectivity index (χ1n) is 6.44. The maximum absolute atomic E-state index is 5.88. The minimum Gasteiger partial charge on any atom is -0.470 e. The van der Waals surface area contributed by atoms with Gasteiger partial charge < -0.3 is 15.8 Å². The Balaban J connectivity index is 2.07. The van der Waals surface area contributed by atoms with E-state index in [1.165, 1.54) is 0 Å². The predicted octanol–water partition coefficient (Wildman–Crippen LogP) is 3.22. The second kappa shape index (κ2) is 5.66. The van der Waals surface area contributed by atoms with Gasteiger partial charge in [-0.2, -0.15) is 4.98 Å². The van der Waals surface area contributed by atoms with Crippen molar-refractivity contribution in [3.8, 4) is 5.88 Å². The smallest absolute Gasteiger partial charge is 0.239 e. The predicted molar refractivity (Wildman–Crippen MR) is 83.2 cm³/mol. The van der Waals surface area contributed by atoms with Gasteiger partial charge in [0.2, 0.25) is 5.88 Å². The number of ether oxygens (including phenoxy) is 1. The molecule has 2 aromatic heterocycles. The van der Waals surface area contributed by atoms with Gasteiger partial charge in [-0.25, -0.2) is 4.98 Å². The molecule has 6 heteroatoms. The van der Waals surface area contributed by atoms with Crippen molar-refractivity contribution in [1.29, 1.82) is 0 Å². The van der Waals surface area contributed by atoms with Gasteiger partial charge in [-0.1, -0.05) is 0 Å². The summed E-state index contributed by atoms with van der Waals surface area (Å²) in [4.78, 5) is 8.79. The lowest BCUT2D eigenvalue weighted by atomic mass is 10.2. The number of nitrogens with one attached hydrogen (secondary N) is 1. The van der Waals surface area contributed by atoms with Crippen LogP contribution in [0.2, 0.25) is 0 Å². The van der Waals surface area contributed by atoms with Crippen LogP contribution in [0.3, 0.4) is 0 Å². The van der Waals surface area contributed by atoms with Crippen LogP contribution in [0, 0.1) is 6.92 Å². The summed E-state index contributed by atoms with van der Waals surface area (Å²) in [7, 11) is 0. The maximum atomic E-state index is 5.88. The number of thiazole rings is 1. The molecule has 0 saturated carbocycles. The molecule has 0 saturated heterocycles. The first-order valence-corrected chi connectivity index (χ1v) is 7.32. The van der Waals surface area contributed by atoms with Crippen LogP contribution in [0.5, 0.6) is 5.88 Å². The van der Waals surface area contributed by atoms with Crippen molar-refractivity contribution in [2.24, 2.45) is 0 Å². The molecule has 0 unspecified atom stereocenters. The number of hydrogen-bond acceptors (Lipinski definition) is 6. The Morgan fingerprint density at radius 1 is 1.30 bits per heavy atom. The molecule has 2 rings (SSSR count). The molecule has 108 valence electrons. The number of pyridine rings is 1. The fraction of sp³-hybridized carbons (Fsp3) is 0.429. The van der Waals surface area contributed by atoms with Crippen LogP contribution in [-0.4, -0.2) is 15.6 Å². The van der Waals surface area contributed by atoms with Crippen molar-refractivity contribution in [3.05, 3.63) is 28.2 Å². The molecule has 5 nitrogen and oxygen atoms in total. The van der Waals surface area contributed by atoms with Gasteiger partial charge in [-0.15, -0.1) is 11.3 Å². The summed E-state index contributed by atoms with van der Waals surface area (Å²) < 4.78 is 5.74. The summed E-state index contributed by atoms with van der Waals surface area (Å²) in [6.45, 7) is 8.52. The van der Waals surface area contributed by atoms with E-state index in [4.69, 9.17) is 10.5 Å². The standard InChI is InChI=1S/C14H20N4OS/c1-9-17-10(8-20-9)7-16-12-6-5-11(15)13(18-12)19-14(2,3)4/h5-6,8H,7,15H2,1-4H3,(H,16,18). The Labute approximate surface area is 123 Å². The van der Waals surface area contributed by atoms with Crippen LogP contribution in [0.25, 0.3) is 0 Å². The van der Waals surface area contributed by atoms with E-state index in [0.717, 1.165) is 16.5 Å². The van der Waals surface area contributed by atoms with E-state index in [1.807, 2.05) is 39.1 Å². The monoisotopic (exact) mass is 292 g/mol. The minimum absolute atomic E-state index is 0.328. The molecule has 2 aromatic rings. The van der Waals surface area contributed by atoms with Crippen LogP contribution in [-0.2, 0) is 6.54 Å². The first kappa shape index (κ1) is 14.6. The first-order chi connectivity index (χ1) is 9.33. The minimum atomic E-state index is -0.328. The Bertz CT molecular complexity index is 589. The van der Waals surface area contributed by atoms with E-state index < -0.39 is 0 Å². The van der Waals surface area contributed by atoms with E-state index >= 15 is 0 Å². The zero-order chi connectivity index (χ0) is 14.8. The molecule has 0 aromatic carbocycles. The lowest BCUT2D eigenvalue weighted by Crippen LogP contribution is -2.24. The number of hydrogen-bond donors (Lipinski definition) is 2. The van der Waals surface area contributed by atoms with Gasteiger partial charge in [-0.3, -0.25) is 0 Å². The van der Waals surface area contributed by atoms with Crippen LogP contribution in [0.4, 0.5) is 11.5 Å². The largest absolute Gasteiger partial charge is 0.470 e. The zero-order valence-corrected chi connectivity index (χ0v) is 13.0. The summed E-state index contributed by atoms with van der Waals surface area (Å²) in [5.74, 6) is 1.18. The molecule has 0 aliphatic heterocycles. The van der Waals surface area contributed by atoms with Crippen molar-refractivity contribution in [2.75, 3.05) is 11.1 Å². The number of nitrogens with two attached hydrogens (primary N) is 1. The average molecular weight is 292 g/mol. The highest BCUT2D eigenvalue weighted by Crippen LogP contribution is 2.25. The summed E-state index contributed by atoms with van der Waals surface area (Å²) in [5, 5.41) is 6.32. The van der Waals surface area contributed by atoms with Crippen molar-refractivity contribution >= 4 is 22.8 Å². The topological polar surface area (TPSA) is 73.1 Å². The van der Waals surface area contributed by atoms with Gasteiger partial charge in [0.25, 0.3) is 0 Å². The number of aromatic nitrogens is 2. The number of nitrogens with zero attached hydrogens (tertiary/aromatic N) is 2. The second-order valence-electron chi connectivity index (χ2n) is 5.52. The maximum Gasteiger partial charge on any atom is 0.239 e. The SMILES string of the molecule is Cc1nc(CNc2ccc(N)c(OC(C)(C)C)n2)cs1. The molecule has 0 fully saturated rings. The van der Waals surface area contributed by atoms with Crippen molar-refractivity contribution in [3.63, 3.8) is 0 Å². The number of aryl methyl sites for hydroxylation is 1. The Kier molecular flexibility index (Phi) is 4.13. The zero-order valence-electron chi connectivity index (χ0n) is 12.2. The number of nitrogen functional groups attached to an aromatic ring is 1. The fourth-order valence-electron chi connectivity index (χ4n) is 1.59. The van der Waals surface area contributed by atoms with E-state index in [2.05, 4.69) is 15.3 Å².